The molecule has 0 aliphatic carbocycles. The van der Waals surface area contributed by atoms with Crippen molar-refractivity contribution in [3.8, 4) is 5.75 Å². The highest BCUT2D eigenvalue weighted by Gasteiger charge is 2.54. The highest BCUT2D eigenvalue weighted by Crippen LogP contribution is 2.45. The molecule has 4 aromatic rings. The maximum atomic E-state index is 14.6. The van der Waals surface area contributed by atoms with Crippen molar-refractivity contribution < 1.29 is 19.4 Å². The molecular formula is C34H31ClN8O4. The molecule has 1 aliphatic heterocycles. The fraction of sp³-hybridized carbons (Fsp3) is 0.235. The molecule has 2 atom stereocenters. The van der Waals surface area contributed by atoms with Gasteiger partial charge in [-0.3, -0.25) is 4.79 Å². The number of nitrogens with one attached hydrogen (secondary N) is 1. The maximum absolute atomic E-state index is 14.6. The molecule has 4 aromatic carbocycles. The summed E-state index contributed by atoms with van der Waals surface area (Å²) in [5, 5.41) is 20.3. The monoisotopic (exact) mass is 650 g/mol. The topological polar surface area (TPSA) is 178 Å². The van der Waals surface area contributed by atoms with E-state index < -0.39 is 17.6 Å². The summed E-state index contributed by atoms with van der Waals surface area (Å²) >= 11 is 6.22. The van der Waals surface area contributed by atoms with Gasteiger partial charge in [-0.1, -0.05) is 82.5 Å². The average Bonchev–Trinajstić information content (AvgIpc) is 3.48. The highest BCUT2D eigenvalue weighted by molar-refractivity contribution is 6.30. The Kier molecular flexibility index (Phi) is 11.0. The second-order valence-electron chi connectivity index (χ2n) is 10.7. The molecule has 13 heteroatoms. The molecule has 1 aliphatic rings. The molecule has 0 bridgehead atoms. The second-order valence-corrected chi connectivity index (χ2v) is 11.1. The first-order valence-electron chi connectivity index (χ1n) is 14.8. The van der Waals surface area contributed by atoms with Crippen LogP contribution in [-0.4, -0.2) is 35.7 Å². The number of azide groups is 2. The van der Waals surface area contributed by atoms with Gasteiger partial charge in [-0.2, -0.15) is 0 Å². The number of ether oxygens (including phenoxy) is 2. The van der Waals surface area contributed by atoms with E-state index in [1.54, 1.807) is 66.7 Å². The van der Waals surface area contributed by atoms with Crippen molar-refractivity contribution in [2.45, 2.75) is 37.6 Å². The summed E-state index contributed by atoms with van der Waals surface area (Å²) in [4.78, 5) is 25.6. The van der Waals surface area contributed by atoms with Crippen molar-refractivity contribution in [1.29, 1.82) is 0 Å². The summed E-state index contributed by atoms with van der Waals surface area (Å²) in [5.41, 5.74) is 20.4. The first kappa shape index (κ1) is 32.9. The second kappa shape index (κ2) is 15.7. The summed E-state index contributed by atoms with van der Waals surface area (Å²) in [6.07, 6.45) is -0.462. The molecule has 0 unspecified atom stereocenters. The lowest BCUT2D eigenvalue weighted by Gasteiger charge is -2.32. The van der Waals surface area contributed by atoms with Gasteiger partial charge in [-0.05, 0) is 69.7 Å². The van der Waals surface area contributed by atoms with Gasteiger partial charge in [0.25, 0.3) is 5.91 Å². The number of hydrogen-bond acceptors (Lipinski definition) is 7. The van der Waals surface area contributed by atoms with E-state index in [4.69, 9.17) is 36.7 Å². The average molecular weight is 651 g/mol. The van der Waals surface area contributed by atoms with Crippen molar-refractivity contribution in [1.82, 2.24) is 5.32 Å². The lowest BCUT2D eigenvalue weighted by molar-refractivity contribution is -0.129. The summed E-state index contributed by atoms with van der Waals surface area (Å²) < 4.78 is 12.3. The van der Waals surface area contributed by atoms with E-state index in [1.165, 1.54) is 0 Å². The van der Waals surface area contributed by atoms with E-state index in [1.807, 2.05) is 30.3 Å². The Bertz CT molecular complexity index is 1860. The molecule has 2 N–H and O–H groups in total. The summed E-state index contributed by atoms with van der Waals surface area (Å²) in [6, 6.07) is 28.5. The zero-order chi connectivity index (χ0) is 33.1. The zero-order valence-electron chi connectivity index (χ0n) is 25.2. The summed E-state index contributed by atoms with van der Waals surface area (Å²) in [7, 11) is 0. The van der Waals surface area contributed by atoms with Crippen LogP contribution in [0.25, 0.3) is 20.9 Å². The van der Waals surface area contributed by atoms with Crippen LogP contribution in [0.3, 0.4) is 0 Å². The van der Waals surface area contributed by atoms with E-state index >= 15 is 0 Å². The number of benzene rings is 4. The number of aliphatic hydroxyl groups is 1. The number of carbonyl (C=O) groups excluding carboxylic acids is 1. The minimum Gasteiger partial charge on any atom is -0.494 e. The minimum atomic E-state index is -1.60. The minimum absolute atomic E-state index is 0.00987. The first-order chi connectivity index (χ1) is 23.0. The van der Waals surface area contributed by atoms with Gasteiger partial charge < -0.3 is 19.9 Å². The number of carbonyl (C=O) groups is 1. The molecule has 1 heterocycles. The van der Waals surface area contributed by atoms with Crippen LogP contribution in [0.15, 0.2) is 112 Å². The molecule has 12 nitrogen and oxygen atoms in total. The van der Waals surface area contributed by atoms with E-state index in [0.29, 0.717) is 51.7 Å². The molecule has 0 aromatic heterocycles. The first-order valence-corrected chi connectivity index (χ1v) is 15.2. The molecule has 0 fully saturated rings. The highest BCUT2D eigenvalue weighted by atomic mass is 35.5. The SMILES string of the molecule is [N-]=[N+]=NCc1ccccc1[C@H]1OC(c2ccc(OCCCO)cc2)=N[C@@]1(Cc1ccccc1N=[N+]=[N-])C(=O)NCc1cccc(Cl)c1. The Labute approximate surface area is 275 Å². The standard InChI is InChI=1S/C34H31ClN8O4/c35-27-10-5-7-23(19-27)21-38-33(45)34(20-25-8-2-4-12-30(25)41-43-37)31(29-11-3-1-9-26(29)22-39-42-36)47-32(40-34)24-13-15-28(16-14-24)46-18-6-17-44/h1-5,7-16,19,31,44H,6,17-18,20-22H2,(H,38,45)/t31-,34-/m1/s1. The van der Waals surface area contributed by atoms with Crippen molar-refractivity contribution in [2.75, 3.05) is 13.2 Å². The third-order valence-electron chi connectivity index (χ3n) is 7.62. The predicted molar refractivity (Wildman–Crippen MR) is 178 cm³/mol. The Balaban J connectivity index is 1.64. The number of rotatable bonds is 14. The predicted octanol–water partition coefficient (Wildman–Crippen LogP) is 7.67. The molecule has 1 amide bonds. The van der Waals surface area contributed by atoms with Crippen LogP contribution >= 0.6 is 11.6 Å². The van der Waals surface area contributed by atoms with Gasteiger partial charge in [0.05, 0.1) is 13.2 Å². The fourth-order valence-electron chi connectivity index (χ4n) is 5.38. The van der Waals surface area contributed by atoms with Gasteiger partial charge in [0.1, 0.15) is 5.75 Å². The van der Waals surface area contributed by atoms with Crippen molar-refractivity contribution in [3.05, 3.63) is 151 Å². The van der Waals surface area contributed by atoms with Crippen LogP contribution in [0.2, 0.25) is 5.02 Å². The quantitative estimate of drug-likeness (QED) is 0.0616. The van der Waals surface area contributed by atoms with Crippen molar-refractivity contribution >= 4 is 29.1 Å². The van der Waals surface area contributed by atoms with Gasteiger partial charge in [-0.15, -0.1) is 0 Å². The molecular weight excluding hydrogens is 620 g/mol. The van der Waals surface area contributed by atoms with Crippen LogP contribution in [0.4, 0.5) is 5.69 Å². The van der Waals surface area contributed by atoms with Crippen molar-refractivity contribution in [3.63, 3.8) is 0 Å². The van der Waals surface area contributed by atoms with Crippen LogP contribution in [0.5, 0.6) is 5.75 Å². The maximum Gasteiger partial charge on any atom is 0.252 e. The molecule has 0 spiro atoms. The Morgan fingerprint density at radius 2 is 1.77 bits per heavy atom. The van der Waals surface area contributed by atoms with Gasteiger partial charge >= 0.3 is 0 Å². The van der Waals surface area contributed by atoms with Gasteiger partial charge in [-0.25, -0.2) is 4.99 Å². The normalized spacial score (nSPS) is 16.6. The van der Waals surface area contributed by atoms with E-state index in [-0.39, 0.29) is 32.0 Å². The van der Waals surface area contributed by atoms with Gasteiger partial charge in [0, 0.05) is 52.1 Å². The molecule has 0 radical (unpaired) electrons. The van der Waals surface area contributed by atoms with Gasteiger partial charge in [0.2, 0.25) is 5.90 Å². The number of aliphatic imine (C=N–C) groups is 1. The molecule has 47 heavy (non-hydrogen) atoms. The van der Waals surface area contributed by atoms with Crippen molar-refractivity contribution in [2.24, 2.45) is 15.2 Å². The third-order valence-corrected chi connectivity index (χ3v) is 7.85. The van der Waals surface area contributed by atoms with E-state index in [0.717, 1.165) is 5.56 Å². The molecule has 5 rings (SSSR count). The van der Waals surface area contributed by atoms with Crippen LogP contribution < -0.4 is 10.1 Å². The molecule has 0 saturated heterocycles. The third kappa shape index (κ3) is 7.84. The number of aliphatic hydroxyl groups excluding tert-OH is 1. The summed E-state index contributed by atoms with van der Waals surface area (Å²) in [5.74, 6) is 0.385. The Morgan fingerprint density at radius 1 is 1.00 bits per heavy atom. The Morgan fingerprint density at radius 3 is 2.51 bits per heavy atom. The summed E-state index contributed by atoms with van der Waals surface area (Å²) in [6.45, 7) is 0.571. The van der Waals surface area contributed by atoms with Crippen LogP contribution in [0, 0.1) is 0 Å². The number of halogens is 1. The lowest BCUT2D eigenvalue weighted by atomic mass is 9.80. The number of amides is 1. The smallest absolute Gasteiger partial charge is 0.252 e. The van der Waals surface area contributed by atoms with Gasteiger partial charge in [0.15, 0.2) is 11.6 Å². The lowest BCUT2D eigenvalue weighted by Crippen LogP contribution is -2.50. The van der Waals surface area contributed by atoms with E-state index in [2.05, 4.69) is 25.4 Å². The molecule has 0 saturated carbocycles. The zero-order valence-corrected chi connectivity index (χ0v) is 26.0. The van der Waals surface area contributed by atoms with Crippen LogP contribution in [-0.2, 0) is 29.0 Å². The van der Waals surface area contributed by atoms with E-state index in [9.17, 15) is 10.3 Å². The van der Waals surface area contributed by atoms with Crippen LogP contribution in [0.1, 0.15) is 40.3 Å². The molecule has 238 valence electrons. The number of nitrogens with zero attached hydrogens (tertiary/aromatic N) is 7. The number of hydrogen-bond donors (Lipinski definition) is 2. The fourth-order valence-corrected chi connectivity index (χ4v) is 5.59. The largest absolute Gasteiger partial charge is 0.494 e. The Hall–Kier alpha value is -5.51.